The maximum absolute atomic E-state index is 12.8. The maximum atomic E-state index is 12.8. The van der Waals surface area contributed by atoms with Gasteiger partial charge < -0.3 is 24.3 Å². The normalized spacial score (nSPS) is 25.2. The Kier molecular flexibility index (Phi) is 4.82. The molecule has 4 amide bonds. The van der Waals surface area contributed by atoms with Crippen LogP contribution in [0.25, 0.3) is 0 Å². The molecule has 0 unspecified atom stereocenters. The average Bonchev–Trinajstić information content (AvgIpc) is 3.22. The number of carbonyl (C=O) groups excluding carboxylic acids is 3. The summed E-state index contributed by atoms with van der Waals surface area (Å²) in [5.74, 6) is 0.0464. The van der Waals surface area contributed by atoms with Crippen molar-refractivity contribution >= 4 is 18.0 Å². The summed E-state index contributed by atoms with van der Waals surface area (Å²) in [4.78, 5) is 43.6. The minimum absolute atomic E-state index is 0.0464. The number of carbonyl (C=O) groups is 3. The molecule has 8 nitrogen and oxygen atoms in total. The summed E-state index contributed by atoms with van der Waals surface area (Å²) in [6.07, 6.45) is 2.91. The zero-order valence-corrected chi connectivity index (χ0v) is 14.4. The SMILES string of the molecule is CN(C)C(=O)N1CCC[C@@H]1C(=O)N1CCC(N2CCOC2=O)CC1. The zero-order chi connectivity index (χ0) is 17.3. The fraction of sp³-hybridized carbons (Fsp3) is 0.812. The molecule has 0 bridgehead atoms. The number of rotatable bonds is 2. The summed E-state index contributed by atoms with van der Waals surface area (Å²) in [5.41, 5.74) is 0. The van der Waals surface area contributed by atoms with Gasteiger partial charge in [0.25, 0.3) is 0 Å². The van der Waals surface area contributed by atoms with Crippen LogP contribution in [0.2, 0.25) is 0 Å². The van der Waals surface area contributed by atoms with Crippen molar-refractivity contribution < 1.29 is 19.1 Å². The zero-order valence-electron chi connectivity index (χ0n) is 14.4. The minimum Gasteiger partial charge on any atom is -0.448 e. The number of hydrogen-bond acceptors (Lipinski definition) is 4. The first-order valence-corrected chi connectivity index (χ1v) is 8.69. The number of nitrogens with zero attached hydrogens (tertiary/aromatic N) is 4. The molecule has 0 aromatic carbocycles. The van der Waals surface area contributed by atoms with E-state index in [1.807, 2.05) is 4.90 Å². The summed E-state index contributed by atoms with van der Waals surface area (Å²) >= 11 is 0. The van der Waals surface area contributed by atoms with Gasteiger partial charge in [0, 0.05) is 39.8 Å². The molecule has 0 aromatic rings. The quantitative estimate of drug-likeness (QED) is 0.738. The van der Waals surface area contributed by atoms with Crippen LogP contribution in [0.1, 0.15) is 25.7 Å². The van der Waals surface area contributed by atoms with Gasteiger partial charge in [-0.15, -0.1) is 0 Å². The van der Waals surface area contributed by atoms with Crippen LogP contribution in [-0.4, -0.2) is 96.6 Å². The van der Waals surface area contributed by atoms with Crippen LogP contribution in [0.3, 0.4) is 0 Å². The van der Waals surface area contributed by atoms with Crippen LogP contribution in [-0.2, 0) is 9.53 Å². The highest BCUT2D eigenvalue weighted by Crippen LogP contribution is 2.24. The van der Waals surface area contributed by atoms with Crippen molar-refractivity contribution in [3.63, 3.8) is 0 Å². The van der Waals surface area contributed by atoms with Gasteiger partial charge in [-0.2, -0.15) is 0 Å². The second-order valence-electron chi connectivity index (χ2n) is 6.89. The molecule has 0 aromatic heterocycles. The van der Waals surface area contributed by atoms with Crippen molar-refractivity contribution in [3.05, 3.63) is 0 Å². The van der Waals surface area contributed by atoms with Crippen molar-refractivity contribution in [3.8, 4) is 0 Å². The minimum atomic E-state index is -0.340. The molecule has 3 rings (SSSR count). The Labute approximate surface area is 142 Å². The largest absolute Gasteiger partial charge is 0.448 e. The smallest absolute Gasteiger partial charge is 0.410 e. The Morgan fingerprint density at radius 2 is 1.79 bits per heavy atom. The predicted molar refractivity (Wildman–Crippen MR) is 86.5 cm³/mol. The highest BCUT2D eigenvalue weighted by atomic mass is 16.6. The topological polar surface area (TPSA) is 73.4 Å². The molecule has 0 aliphatic carbocycles. The molecule has 8 heteroatoms. The summed E-state index contributed by atoms with van der Waals surface area (Å²) in [6, 6.07) is -0.277. The molecule has 1 atom stereocenters. The third kappa shape index (κ3) is 3.14. The number of ether oxygens (including phenoxy) is 1. The van der Waals surface area contributed by atoms with E-state index in [9.17, 15) is 14.4 Å². The lowest BCUT2D eigenvalue weighted by molar-refractivity contribution is -0.136. The van der Waals surface area contributed by atoms with E-state index in [1.165, 1.54) is 4.90 Å². The molecule has 3 aliphatic rings. The van der Waals surface area contributed by atoms with Crippen molar-refractivity contribution in [1.29, 1.82) is 0 Å². The van der Waals surface area contributed by atoms with Crippen LogP contribution in [0.5, 0.6) is 0 Å². The molecular weight excluding hydrogens is 312 g/mol. The predicted octanol–water partition coefficient (Wildman–Crippen LogP) is 0.576. The fourth-order valence-electron chi connectivity index (χ4n) is 3.86. The standard InChI is InChI=1S/C16H26N4O4/c1-17(2)15(22)20-7-3-4-13(20)14(21)18-8-5-12(6-9-18)19-10-11-24-16(19)23/h12-13H,3-11H2,1-2H3/t13-/m1/s1. The van der Waals surface area contributed by atoms with E-state index in [1.54, 1.807) is 23.9 Å². The van der Waals surface area contributed by atoms with E-state index in [0.29, 0.717) is 32.8 Å². The van der Waals surface area contributed by atoms with Crippen molar-refractivity contribution in [2.24, 2.45) is 0 Å². The van der Waals surface area contributed by atoms with Crippen LogP contribution < -0.4 is 0 Å². The van der Waals surface area contributed by atoms with Gasteiger partial charge in [0.05, 0.1) is 6.54 Å². The lowest BCUT2D eigenvalue weighted by Gasteiger charge is -2.38. The second kappa shape index (κ2) is 6.86. The first kappa shape index (κ1) is 16.9. The van der Waals surface area contributed by atoms with Gasteiger partial charge in [0.15, 0.2) is 0 Å². The molecule has 3 aliphatic heterocycles. The van der Waals surface area contributed by atoms with E-state index in [-0.39, 0.29) is 30.1 Å². The molecule has 0 N–H and O–H groups in total. The van der Waals surface area contributed by atoms with Crippen LogP contribution in [0.4, 0.5) is 9.59 Å². The molecular formula is C16H26N4O4. The second-order valence-corrected chi connectivity index (χ2v) is 6.89. The average molecular weight is 338 g/mol. The number of hydrogen-bond donors (Lipinski definition) is 0. The van der Waals surface area contributed by atoms with Gasteiger partial charge in [0.2, 0.25) is 5.91 Å². The maximum Gasteiger partial charge on any atom is 0.410 e. The third-order valence-corrected chi connectivity index (χ3v) is 5.18. The monoisotopic (exact) mass is 338 g/mol. The van der Waals surface area contributed by atoms with Crippen molar-refractivity contribution in [1.82, 2.24) is 19.6 Å². The molecule has 3 saturated heterocycles. The summed E-state index contributed by atoms with van der Waals surface area (Å²) in [7, 11) is 3.42. The summed E-state index contributed by atoms with van der Waals surface area (Å²) in [6.45, 7) is 3.01. The third-order valence-electron chi connectivity index (χ3n) is 5.18. The van der Waals surface area contributed by atoms with Crippen molar-refractivity contribution in [2.45, 2.75) is 37.8 Å². The molecule has 0 spiro atoms. The van der Waals surface area contributed by atoms with Crippen LogP contribution in [0.15, 0.2) is 0 Å². The number of piperidine rings is 1. The first-order chi connectivity index (χ1) is 11.5. The fourth-order valence-corrected chi connectivity index (χ4v) is 3.86. The van der Waals surface area contributed by atoms with Gasteiger partial charge in [-0.1, -0.05) is 0 Å². The van der Waals surface area contributed by atoms with E-state index < -0.39 is 0 Å². The Morgan fingerprint density at radius 3 is 2.38 bits per heavy atom. The Bertz CT molecular complexity index is 516. The Hall–Kier alpha value is -1.99. The molecule has 0 saturated carbocycles. The highest BCUT2D eigenvalue weighted by molar-refractivity contribution is 5.87. The van der Waals surface area contributed by atoms with Gasteiger partial charge in [0.1, 0.15) is 12.6 Å². The van der Waals surface area contributed by atoms with Gasteiger partial charge in [-0.3, -0.25) is 4.79 Å². The number of amides is 4. The van der Waals surface area contributed by atoms with E-state index in [2.05, 4.69) is 0 Å². The molecule has 24 heavy (non-hydrogen) atoms. The van der Waals surface area contributed by atoms with E-state index in [0.717, 1.165) is 25.7 Å². The number of likely N-dealkylation sites (tertiary alicyclic amines) is 2. The highest BCUT2D eigenvalue weighted by Gasteiger charge is 2.39. The van der Waals surface area contributed by atoms with Crippen LogP contribution in [0, 0.1) is 0 Å². The first-order valence-electron chi connectivity index (χ1n) is 8.69. The summed E-state index contributed by atoms with van der Waals surface area (Å²) < 4.78 is 4.99. The van der Waals surface area contributed by atoms with Gasteiger partial charge in [-0.05, 0) is 25.7 Å². The lowest BCUT2D eigenvalue weighted by Crippen LogP contribution is -2.53. The van der Waals surface area contributed by atoms with E-state index >= 15 is 0 Å². The summed E-state index contributed by atoms with van der Waals surface area (Å²) in [5, 5.41) is 0. The Morgan fingerprint density at radius 1 is 1.08 bits per heavy atom. The lowest BCUT2D eigenvalue weighted by atomic mass is 10.0. The number of cyclic esters (lactones) is 1. The molecule has 0 radical (unpaired) electrons. The Balaban J connectivity index is 1.56. The number of urea groups is 1. The van der Waals surface area contributed by atoms with E-state index in [4.69, 9.17) is 4.74 Å². The van der Waals surface area contributed by atoms with Gasteiger partial charge in [-0.25, -0.2) is 9.59 Å². The molecule has 134 valence electrons. The van der Waals surface area contributed by atoms with Crippen molar-refractivity contribution in [2.75, 3.05) is 46.9 Å². The van der Waals surface area contributed by atoms with Crippen LogP contribution >= 0.6 is 0 Å². The van der Waals surface area contributed by atoms with Gasteiger partial charge >= 0.3 is 12.1 Å². The molecule has 3 fully saturated rings. The molecule has 3 heterocycles.